The molecule has 0 spiro atoms. The van der Waals surface area contributed by atoms with Crippen LogP contribution in [0.5, 0.6) is 11.5 Å². The number of hydrogen-bond acceptors (Lipinski definition) is 2. The van der Waals surface area contributed by atoms with E-state index in [1.807, 2.05) is 30.3 Å². The summed E-state index contributed by atoms with van der Waals surface area (Å²) in [5, 5.41) is 1.31. The maximum absolute atomic E-state index is 6.10. The predicted octanol–water partition coefficient (Wildman–Crippen LogP) is 4.51. The van der Waals surface area contributed by atoms with Crippen molar-refractivity contribution in [3.63, 3.8) is 0 Å². The fraction of sp³-hybridized carbons (Fsp3) is 0.200. The molecule has 4 heteroatoms. The zero-order valence-corrected chi connectivity index (χ0v) is 11.7. The van der Waals surface area contributed by atoms with Crippen LogP contribution < -0.4 is 9.47 Å². The summed E-state index contributed by atoms with van der Waals surface area (Å²) in [4.78, 5) is 0. The summed E-state index contributed by atoms with van der Waals surface area (Å²) in [5.41, 5.74) is 2.10. The van der Waals surface area contributed by atoms with Gasteiger partial charge in [-0.25, -0.2) is 0 Å². The van der Waals surface area contributed by atoms with Crippen molar-refractivity contribution in [1.82, 2.24) is 0 Å². The van der Waals surface area contributed by atoms with Crippen LogP contribution in [0.4, 0.5) is 0 Å². The van der Waals surface area contributed by atoms with E-state index in [9.17, 15) is 0 Å². The molecule has 0 unspecified atom stereocenters. The largest absolute Gasteiger partial charge is 0.493 e. The molecule has 98 valence electrons. The second kappa shape index (κ2) is 5.32. The van der Waals surface area contributed by atoms with Crippen LogP contribution in [0.1, 0.15) is 11.1 Å². The number of halogens is 2. The topological polar surface area (TPSA) is 18.5 Å². The summed E-state index contributed by atoms with van der Waals surface area (Å²) < 4.78 is 11.4. The second-order valence-electron chi connectivity index (χ2n) is 4.37. The first-order valence-electron chi connectivity index (χ1n) is 6.05. The second-order valence-corrected chi connectivity index (χ2v) is 5.21. The van der Waals surface area contributed by atoms with Gasteiger partial charge in [-0.3, -0.25) is 0 Å². The number of fused-ring (bicyclic) bond motifs is 1. The van der Waals surface area contributed by atoms with Gasteiger partial charge in [0.1, 0.15) is 18.1 Å². The van der Waals surface area contributed by atoms with Gasteiger partial charge in [-0.05, 0) is 29.8 Å². The van der Waals surface area contributed by atoms with E-state index in [0.29, 0.717) is 29.0 Å². The third kappa shape index (κ3) is 2.65. The number of para-hydroxylation sites is 1. The molecule has 2 nitrogen and oxygen atoms in total. The van der Waals surface area contributed by atoms with Gasteiger partial charge in [-0.1, -0.05) is 35.3 Å². The van der Waals surface area contributed by atoms with Gasteiger partial charge >= 0.3 is 0 Å². The zero-order chi connectivity index (χ0) is 13.2. The lowest BCUT2D eigenvalue weighted by Crippen LogP contribution is -1.99. The highest BCUT2D eigenvalue weighted by Gasteiger charge is 2.18. The van der Waals surface area contributed by atoms with Gasteiger partial charge in [0.15, 0.2) is 0 Å². The number of benzene rings is 2. The van der Waals surface area contributed by atoms with Crippen LogP contribution in [0.15, 0.2) is 36.4 Å². The first-order valence-corrected chi connectivity index (χ1v) is 6.81. The molecule has 1 aliphatic rings. The van der Waals surface area contributed by atoms with E-state index in [0.717, 1.165) is 23.3 Å². The molecule has 0 saturated carbocycles. The van der Waals surface area contributed by atoms with Gasteiger partial charge in [0, 0.05) is 17.0 Å². The highest BCUT2D eigenvalue weighted by atomic mass is 35.5. The minimum absolute atomic E-state index is 0.395. The SMILES string of the molecule is Clc1cc2c(c(COc3ccccc3Cl)c1)OCC2. The summed E-state index contributed by atoms with van der Waals surface area (Å²) in [5.74, 6) is 1.56. The van der Waals surface area contributed by atoms with Crippen molar-refractivity contribution in [2.45, 2.75) is 13.0 Å². The third-order valence-corrected chi connectivity index (χ3v) is 3.58. The predicted molar refractivity (Wildman–Crippen MR) is 76.4 cm³/mol. The van der Waals surface area contributed by atoms with Crippen LogP contribution in [0.2, 0.25) is 10.0 Å². The van der Waals surface area contributed by atoms with Gasteiger partial charge < -0.3 is 9.47 Å². The summed E-state index contributed by atoms with van der Waals surface area (Å²) in [6.45, 7) is 1.10. The van der Waals surface area contributed by atoms with Crippen molar-refractivity contribution in [3.05, 3.63) is 57.6 Å². The molecular weight excluding hydrogens is 283 g/mol. The fourth-order valence-corrected chi connectivity index (χ4v) is 2.62. The summed E-state index contributed by atoms with van der Waals surface area (Å²) in [6.07, 6.45) is 0.898. The lowest BCUT2D eigenvalue weighted by atomic mass is 10.1. The van der Waals surface area contributed by atoms with E-state index >= 15 is 0 Å². The average molecular weight is 295 g/mol. The molecule has 0 fully saturated rings. The van der Waals surface area contributed by atoms with Gasteiger partial charge in [0.2, 0.25) is 0 Å². The summed E-state index contributed by atoms with van der Waals surface area (Å²) in [6, 6.07) is 11.2. The van der Waals surface area contributed by atoms with Crippen LogP contribution in [-0.4, -0.2) is 6.61 Å². The van der Waals surface area contributed by atoms with E-state index in [1.165, 1.54) is 0 Å². The standard InChI is InChI=1S/C15H12Cl2O2/c16-12-7-10-5-6-18-15(10)11(8-12)9-19-14-4-2-1-3-13(14)17/h1-4,7-8H,5-6,9H2. The molecule has 3 rings (SSSR count). The van der Waals surface area contributed by atoms with Crippen molar-refractivity contribution in [2.24, 2.45) is 0 Å². The van der Waals surface area contributed by atoms with Crippen molar-refractivity contribution >= 4 is 23.2 Å². The molecule has 2 aromatic rings. The summed E-state index contributed by atoms with van der Waals surface area (Å²) >= 11 is 12.2. The summed E-state index contributed by atoms with van der Waals surface area (Å²) in [7, 11) is 0. The molecule has 2 aromatic carbocycles. The first-order chi connectivity index (χ1) is 9.24. The maximum Gasteiger partial charge on any atom is 0.138 e. The molecule has 19 heavy (non-hydrogen) atoms. The zero-order valence-electron chi connectivity index (χ0n) is 10.2. The minimum atomic E-state index is 0.395. The quantitative estimate of drug-likeness (QED) is 0.829. The Morgan fingerprint density at radius 3 is 2.84 bits per heavy atom. The maximum atomic E-state index is 6.10. The Labute approximate surface area is 121 Å². The van der Waals surface area contributed by atoms with E-state index in [4.69, 9.17) is 32.7 Å². The Balaban J connectivity index is 1.83. The van der Waals surface area contributed by atoms with E-state index < -0.39 is 0 Å². The molecule has 1 heterocycles. The smallest absolute Gasteiger partial charge is 0.138 e. The Morgan fingerprint density at radius 2 is 2.00 bits per heavy atom. The molecule has 0 saturated heterocycles. The highest BCUT2D eigenvalue weighted by molar-refractivity contribution is 6.32. The molecule has 0 aliphatic carbocycles. The minimum Gasteiger partial charge on any atom is -0.493 e. The van der Waals surface area contributed by atoms with Gasteiger partial charge in [0.05, 0.1) is 11.6 Å². The molecular formula is C15H12Cl2O2. The lowest BCUT2D eigenvalue weighted by molar-refractivity contribution is 0.292. The van der Waals surface area contributed by atoms with Crippen molar-refractivity contribution in [3.8, 4) is 11.5 Å². The Hall–Kier alpha value is -1.38. The van der Waals surface area contributed by atoms with E-state index in [1.54, 1.807) is 6.07 Å². The first kappa shape index (κ1) is 12.6. The van der Waals surface area contributed by atoms with Crippen LogP contribution >= 0.6 is 23.2 Å². The molecule has 0 N–H and O–H groups in total. The number of rotatable bonds is 3. The lowest BCUT2D eigenvalue weighted by Gasteiger charge is -2.11. The Bertz CT molecular complexity index is 611. The molecule has 0 amide bonds. The Kier molecular flexibility index (Phi) is 3.54. The average Bonchev–Trinajstić information content (AvgIpc) is 2.85. The van der Waals surface area contributed by atoms with Gasteiger partial charge in [0.25, 0.3) is 0 Å². The molecule has 0 aromatic heterocycles. The third-order valence-electron chi connectivity index (χ3n) is 3.05. The van der Waals surface area contributed by atoms with E-state index in [-0.39, 0.29) is 0 Å². The normalized spacial score (nSPS) is 12.9. The van der Waals surface area contributed by atoms with E-state index in [2.05, 4.69) is 0 Å². The van der Waals surface area contributed by atoms with Crippen molar-refractivity contribution < 1.29 is 9.47 Å². The molecule has 0 atom stereocenters. The number of ether oxygens (including phenoxy) is 2. The molecule has 0 bridgehead atoms. The van der Waals surface area contributed by atoms with Crippen LogP contribution in [0.25, 0.3) is 0 Å². The molecule has 1 aliphatic heterocycles. The highest BCUT2D eigenvalue weighted by Crippen LogP contribution is 2.34. The number of hydrogen-bond donors (Lipinski definition) is 0. The van der Waals surface area contributed by atoms with Crippen LogP contribution in [-0.2, 0) is 13.0 Å². The van der Waals surface area contributed by atoms with Gasteiger partial charge in [-0.2, -0.15) is 0 Å². The van der Waals surface area contributed by atoms with Crippen LogP contribution in [0.3, 0.4) is 0 Å². The molecule has 0 radical (unpaired) electrons. The van der Waals surface area contributed by atoms with Crippen molar-refractivity contribution in [2.75, 3.05) is 6.61 Å². The monoisotopic (exact) mass is 294 g/mol. The fourth-order valence-electron chi connectivity index (χ4n) is 2.17. The van der Waals surface area contributed by atoms with Gasteiger partial charge in [-0.15, -0.1) is 0 Å². The Morgan fingerprint density at radius 1 is 1.16 bits per heavy atom. The van der Waals surface area contributed by atoms with Crippen LogP contribution in [0, 0.1) is 0 Å². The van der Waals surface area contributed by atoms with Crippen molar-refractivity contribution in [1.29, 1.82) is 0 Å².